The number of hydrogen-bond donors (Lipinski definition) is 1. The lowest BCUT2D eigenvalue weighted by molar-refractivity contribution is -0.856. The van der Waals surface area contributed by atoms with Gasteiger partial charge in [-0.15, -0.1) is 0 Å². The van der Waals surface area contributed by atoms with Crippen LogP contribution in [-0.2, 0) is 0 Å². The first kappa shape index (κ1) is 19.7. The van der Waals surface area contributed by atoms with E-state index in [-0.39, 0.29) is 0 Å². The Morgan fingerprint density at radius 3 is 1.75 bits per heavy atom. The minimum atomic E-state index is 0.838. The van der Waals surface area contributed by atoms with Gasteiger partial charge in [-0.1, -0.05) is 25.7 Å². The molecule has 0 aromatic carbocycles. The van der Waals surface area contributed by atoms with Crippen molar-refractivity contribution in [2.75, 3.05) is 39.5 Å². The van der Waals surface area contributed by atoms with E-state index in [4.69, 9.17) is 12.2 Å². The summed E-state index contributed by atoms with van der Waals surface area (Å²) in [6, 6.07) is 1.68. The van der Waals surface area contributed by atoms with Crippen LogP contribution in [0.15, 0.2) is 0 Å². The van der Waals surface area contributed by atoms with Crippen LogP contribution in [0.5, 0.6) is 0 Å². The van der Waals surface area contributed by atoms with Crippen molar-refractivity contribution in [3.05, 3.63) is 0 Å². The van der Waals surface area contributed by atoms with Crippen molar-refractivity contribution in [2.45, 2.75) is 89.1 Å². The van der Waals surface area contributed by atoms with Gasteiger partial charge in [0.25, 0.3) is 5.11 Å². The number of hydrogen-bond acceptors (Lipinski definition) is 3. The van der Waals surface area contributed by atoms with E-state index in [9.17, 15) is 0 Å². The van der Waals surface area contributed by atoms with Gasteiger partial charge in [0, 0.05) is 37.4 Å². The second-order valence-corrected chi connectivity index (χ2v) is 10.9. The normalized spacial score (nSPS) is 42.6. The lowest BCUT2D eigenvalue weighted by Crippen LogP contribution is -2.65. The lowest BCUT2D eigenvalue weighted by atomic mass is 9.78. The molecule has 4 nitrogen and oxygen atoms in total. The van der Waals surface area contributed by atoms with Gasteiger partial charge in [0.1, 0.15) is 19.9 Å². The fourth-order valence-corrected chi connectivity index (χ4v) is 7.77. The molecule has 4 atom stereocenters. The van der Waals surface area contributed by atoms with E-state index in [0.29, 0.717) is 0 Å². The number of likely N-dealkylation sites (tertiary alicyclic amines) is 2. The SMILES string of the molecule is S=C1NCC[N+]1(CN1CCCC2CCCCC21)CN1CCCC2CCCCC21. The van der Waals surface area contributed by atoms with E-state index in [1.165, 1.54) is 110 Å². The third kappa shape index (κ3) is 3.77. The van der Waals surface area contributed by atoms with Gasteiger partial charge in [0.2, 0.25) is 0 Å². The molecular formula is C23H41N4S+. The highest BCUT2D eigenvalue weighted by Gasteiger charge is 2.46. The molecule has 0 amide bonds. The van der Waals surface area contributed by atoms with Gasteiger partial charge in [0.05, 0.1) is 6.54 Å². The summed E-state index contributed by atoms with van der Waals surface area (Å²) in [7, 11) is 0. The number of fused-ring (bicyclic) bond motifs is 2. The number of thiocarbonyl (C=S) groups is 1. The molecule has 0 bridgehead atoms. The molecule has 3 aliphatic heterocycles. The first-order valence-electron chi connectivity index (χ1n) is 12.4. The number of piperidine rings is 2. The van der Waals surface area contributed by atoms with Crippen LogP contribution < -0.4 is 5.32 Å². The molecule has 5 fully saturated rings. The average molecular weight is 406 g/mol. The monoisotopic (exact) mass is 405 g/mol. The molecule has 0 aromatic heterocycles. The van der Waals surface area contributed by atoms with Crippen molar-refractivity contribution in [1.29, 1.82) is 0 Å². The third-order valence-corrected chi connectivity index (χ3v) is 9.40. The van der Waals surface area contributed by atoms with Crippen LogP contribution >= 0.6 is 12.2 Å². The molecule has 28 heavy (non-hydrogen) atoms. The van der Waals surface area contributed by atoms with Crippen LogP contribution in [0.25, 0.3) is 0 Å². The smallest absolute Gasteiger partial charge is 0.272 e. The predicted octanol–water partition coefficient (Wildman–Crippen LogP) is 3.92. The summed E-state index contributed by atoms with van der Waals surface area (Å²) in [4.78, 5) is 5.77. The van der Waals surface area contributed by atoms with Crippen molar-refractivity contribution in [2.24, 2.45) is 11.8 Å². The van der Waals surface area contributed by atoms with Crippen molar-refractivity contribution in [1.82, 2.24) is 15.1 Å². The number of nitrogens with zero attached hydrogens (tertiary/aromatic N) is 3. The largest absolute Gasteiger partial charge is 0.326 e. The van der Waals surface area contributed by atoms with Crippen LogP contribution in [0.4, 0.5) is 0 Å². The maximum atomic E-state index is 5.99. The Bertz CT molecular complexity index is 527. The van der Waals surface area contributed by atoms with E-state index in [0.717, 1.165) is 40.1 Å². The summed E-state index contributed by atoms with van der Waals surface area (Å²) in [5, 5.41) is 4.72. The molecule has 158 valence electrons. The molecule has 5 heteroatoms. The molecular weight excluding hydrogens is 364 g/mol. The van der Waals surface area contributed by atoms with E-state index in [1.54, 1.807) is 0 Å². The maximum absolute atomic E-state index is 5.99. The van der Waals surface area contributed by atoms with E-state index < -0.39 is 0 Å². The highest BCUT2D eigenvalue weighted by molar-refractivity contribution is 7.79. The van der Waals surface area contributed by atoms with Gasteiger partial charge in [-0.3, -0.25) is 9.80 Å². The van der Waals surface area contributed by atoms with E-state index in [1.807, 2.05) is 0 Å². The second-order valence-electron chi connectivity index (χ2n) is 10.5. The molecule has 5 aliphatic rings. The highest BCUT2D eigenvalue weighted by atomic mass is 32.1. The molecule has 0 radical (unpaired) electrons. The molecule has 3 saturated heterocycles. The molecule has 2 aliphatic carbocycles. The number of rotatable bonds is 4. The Hall–Kier alpha value is -0.230. The summed E-state index contributed by atoms with van der Waals surface area (Å²) >= 11 is 5.99. The molecule has 1 N–H and O–H groups in total. The zero-order chi connectivity index (χ0) is 19.0. The molecule has 5 rings (SSSR count). The first-order valence-corrected chi connectivity index (χ1v) is 12.8. The molecule has 4 unspecified atom stereocenters. The topological polar surface area (TPSA) is 18.5 Å². The van der Waals surface area contributed by atoms with E-state index >= 15 is 0 Å². The lowest BCUT2D eigenvalue weighted by Gasteiger charge is -2.50. The van der Waals surface area contributed by atoms with Gasteiger partial charge < -0.3 is 5.32 Å². The van der Waals surface area contributed by atoms with Crippen molar-refractivity contribution < 1.29 is 4.48 Å². The Balaban J connectivity index is 1.33. The van der Waals surface area contributed by atoms with Crippen LogP contribution in [0, 0.1) is 11.8 Å². The third-order valence-electron chi connectivity index (χ3n) is 8.87. The summed E-state index contributed by atoms with van der Waals surface area (Å²) in [5.41, 5.74) is 0. The van der Waals surface area contributed by atoms with Crippen LogP contribution in [0.3, 0.4) is 0 Å². The molecule has 0 aromatic rings. The molecule has 3 heterocycles. The number of nitrogens with one attached hydrogen (secondary N) is 1. The maximum Gasteiger partial charge on any atom is 0.272 e. The van der Waals surface area contributed by atoms with Crippen LogP contribution in [0.1, 0.15) is 77.0 Å². The van der Waals surface area contributed by atoms with Gasteiger partial charge in [-0.05, 0) is 63.2 Å². The minimum Gasteiger partial charge on any atom is -0.326 e. The Kier molecular flexibility index (Phi) is 5.98. The Morgan fingerprint density at radius 2 is 1.25 bits per heavy atom. The Morgan fingerprint density at radius 1 is 0.750 bits per heavy atom. The molecule has 0 spiro atoms. The standard InChI is InChI=1S/C23H40N4S/c28-23-24-13-16-27(23,17-25-14-5-9-19-7-1-3-11-21(19)25)18-26-15-6-10-20-8-2-4-12-22(20)26/h19-22H,1-18H2/p+1. The summed E-state index contributed by atoms with van der Waals surface area (Å²) < 4.78 is 1.03. The minimum absolute atomic E-state index is 0.838. The summed E-state index contributed by atoms with van der Waals surface area (Å²) in [6.07, 6.45) is 17.4. The van der Waals surface area contributed by atoms with Crippen molar-refractivity contribution in [3.63, 3.8) is 0 Å². The van der Waals surface area contributed by atoms with Crippen molar-refractivity contribution in [3.8, 4) is 0 Å². The van der Waals surface area contributed by atoms with Crippen LogP contribution in [0.2, 0.25) is 0 Å². The Labute approximate surface area is 177 Å². The summed E-state index contributed by atoms with van der Waals surface area (Å²) in [5.74, 6) is 1.92. The van der Waals surface area contributed by atoms with E-state index in [2.05, 4.69) is 15.1 Å². The summed E-state index contributed by atoms with van der Waals surface area (Å²) in [6.45, 7) is 7.21. The number of quaternary nitrogens is 1. The van der Waals surface area contributed by atoms with Gasteiger partial charge in [-0.2, -0.15) is 0 Å². The quantitative estimate of drug-likeness (QED) is 0.564. The van der Waals surface area contributed by atoms with Gasteiger partial charge >= 0.3 is 0 Å². The first-order chi connectivity index (χ1) is 13.8. The fraction of sp³-hybridized carbons (Fsp3) is 0.957. The predicted molar refractivity (Wildman–Crippen MR) is 119 cm³/mol. The molecule has 2 saturated carbocycles. The highest BCUT2D eigenvalue weighted by Crippen LogP contribution is 2.38. The van der Waals surface area contributed by atoms with Gasteiger partial charge in [0.15, 0.2) is 0 Å². The zero-order valence-corrected chi connectivity index (χ0v) is 18.6. The average Bonchev–Trinajstić information content (AvgIpc) is 3.08. The fourth-order valence-electron chi connectivity index (χ4n) is 7.46. The van der Waals surface area contributed by atoms with Gasteiger partial charge in [-0.25, -0.2) is 4.48 Å². The zero-order valence-electron chi connectivity index (χ0n) is 17.8. The second kappa shape index (κ2) is 8.49. The van der Waals surface area contributed by atoms with Crippen molar-refractivity contribution >= 4 is 17.3 Å². The van der Waals surface area contributed by atoms with Crippen LogP contribution in [-0.4, -0.2) is 71.0 Å².